The van der Waals surface area contributed by atoms with Gasteiger partial charge < -0.3 is 10.2 Å². The number of amidine groups is 1. The third kappa shape index (κ3) is 3.63. The van der Waals surface area contributed by atoms with Crippen molar-refractivity contribution in [2.45, 2.75) is 74.8 Å². The minimum Gasteiger partial charge on any atom is -0.359 e. The van der Waals surface area contributed by atoms with Gasteiger partial charge in [-0.05, 0) is 22.8 Å². The van der Waals surface area contributed by atoms with Crippen molar-refractivity contribution in [3.63, 3.8) is 0 Å². The van der Waals surface area contributed by atoms with Crippen LogP contribution in [-0.4, -0.2) is 36.3 Å². The fourth-order valence-corrected chi connectivity index (χ4v) is 4.10. The van der Waals surface area contributed by atoms with E-state index >= 15 is 0 Å². The molecule has 0 aliphatic carbocycles. The van der Waals surface area contributed by atoms with E-state index in [1.165, 1.54) is 11.3 Å². The molecule has 2 aliphatic heterocycles. The van der Waals surface area contributed by atoms with Gasteiger partial charge in [0.15, 0.2) is 0 Å². The molecule has 1 saturated heterocycles. The fraction of sp³-hybridized carbons (Fsp3) is 0.810. The quantitative estimate of drug-likeness (QED) is 0.771. The molecule has 0 spiro atoms. The van der Waals surface area contributed by atoms with Crippen molar-refractivity contribution in [2.24, 2.45) is 27.2 Å². The average molecular weight is 348 g/mol. The molecule has 2 aliphatic rings. The first-order valence-electron chi connectivity index (χ1n) is 9.51. The second-order valence-corrected chi connectivity index (χ2v) is 10.6. The smallest absolute Gasteiger partial charge is 0.228 e. The Morgan fingerprint density at radius 3 is 2.00 bits per heavy atom. The summed E-state index contributed by atoms with van der Waals surface area (Å²) < 4.78 is 0. The predicted octanol–water partition coefficient (Wildman–Crippen LogP) is 4.23. The van der Waals surface area contributed by atoms with Crippen LogP contribution < -0.4 is 5.32 Å². The average Bonchev–Trinajstić information content (AvgIpc) is 2.85. The molecule has 4 heteroatoms. The van der Waals surface area contributed by atoms with E-state index in [2.05, 4.69) is 72.5 Å². The number of nitrogens with zero attached hydrogens (tertiary/aromatic N) is 2. The summed E-state index contributed by atoms with van der Waals surface area (Å²) in [6.45, 7) is 21.1. The molecule has 0 radical (unpaired) electrons. The summed E-state index contributed by atoms with van der Waals surface area (Å²) in [4.78, 5) is 20.3. The van der Waals surface area contributed by atoms with E-state index < -0.39 is 0 Å². The first kappa shape index (κ1) is 20.0. The maximum atomic E-state index is 12.6. The van der Waals surface area contributed by atoms with Crippen LogP contribution in [0.3, 0.4) is 0 Å². The molecule has 0 saturated carbocycles. The SMILES string of the molecule is CNC(=O)C1CCN2C(C(C)(C)C)=NC(C(C)(C)C)C(C(C)(C)C)=C12. The van der Waals surface area contributed by atoms with Crippen LogP contribution in [0.15, 0.2) is 16.3 Å². The van der Waals surface area contributed by atoms with Crippen LogP contribution in [0.4, 0.5) is 0 Å². The lowest BCUT2D eigenvalue weighted by Crippen LogP contribution is -2.48. The van der Waals surface area contributed by atoms with E-state index in [1.807, 2.05) is 0 Å². The topological polar surface area (TPSA) is 44.7 Å². The van der Waals surface area contributed by atoms with Crippen molar-refractivity contribution in [2.75, 3.05) is 13.6 Å². The number of rotatable bonds is 1. The lowest BCUT2D eigenvalue weighted by atomic mass is 9.69. The molecule has 2 rings (SSSR count). The Bertz CT molecular complexity index is 609. The number of carbonyl (C=O) groups is 1. The van der Waals surface area contributed by atoms with Crippen molar-refractivity contribution in [3.8, 4) is 0 Å². The van der Waals surface area contributed by atoms with Gasteiger partial charge in [-0.2, -0.15) is 0 Å². The highest BCUT2D eigenvalue weighted by atomic mass is 16.1. The second-order valence-electron chi connectivity index (χ2n) is 10.6. The van der Waals surface area contributed by atoms with Crippen molar-refractivity contribution >= 4 is 11.7 Å². The fourth-order valence-electron chi connectivity index (χ4n) is 4.10. The molecule has 1 fully saturated rings. The summed E-state index contributed by atoms with van der Waals surface area (Å²) in [7, 11) is 1.74. The molecule has 2 atom stereocenters. The number of fused-ring (bicyclic) bond motifs is 1. The number of hydrogen-bond acceptors (Lipinski definition) is 3. The number of hydrogen-bond donors (Lipinski definition) is 1. The van der Waals surface area contributed by atoms with E-state index in [1.54, 1.807) is 7.05 Å². The van der Waals surface area contributed by atoms with Gasteiger partial charge in [0.05, 0.1) is 12.0 Å². The monoisotopic (exact) mass is 347 g/mol. The minimum atomic E-state index is -0.0723. The molecule has 4 nitrogen and oxygen atoms in total. The van der Waals surface area contributed by atoms with Gasteiger partial charge in [-0.1, -0.05) is 62.3 Å². The summed E-state index contributed by atoms with van der Waals surface area (Å²) in [5, 5.41) is 2.88. The van der Waals surface area contributed by atoms with Crippen molar-refractivity contribution < 1.29 is 4.79 Å². The first-order chi connectivity index (χ1) is 11.2. The third-order valence-corrected chi connectivity index (χ3v) is 5.18. The van der Waals surface area contributed by atoms with Crippen molar-refractivity contribution in [1.29, 1.82) is 0 Å². The van der Waals surface area contributed by atoms with Gasteiger partial charge in [-0.15, -0.1) is 0 Å². The van der Waals surface area contributed by atoms with Gasteiger partial charge in [0, 0.05) is 24.7 Å². The standard InChI is InChI=1S/C21H37N3O/c1-19(2,3)14-15-13(17(25)22-10)11-12-24(15)18(21(7,8)9)23-16(14)20(4,5)6/h13,16H,11-12H2,1-10H3,(H,22,25). The molecule has 0 bridgehead atoms. The van der Waals surface area contributed by atoms with Crippen LogP contribution in [0.25, 0.3) is 0 Å². The van der Waals surface area contributed by atoms with Gasteiger partial charge in [-0.25, -0.2) is 0 Å². The van der Waals surface area contributed by atoms with Crippen LogP contribution in [0.2, 0.25) is 0 Å². The van der Waals surface area contributed by atoms with E-state index in [0.717, 1.165) is 18.8 Å². The number of carbonyl (C=O) groups excluding carboxylic acids is 1. The van der Waals surface area contributed by atoms with E-state index in [4.69, 9.17) is 4.99 Å². The lowest BCUT2D eigenvalue weighted by Gasteiger charge is -2.46. The van der Waals surface area contributed by atoms with Crippen LogP contribution in [0.5, 0.6) is 0 Å². The zero-order valence-electron chi connectivity index (χ0n) is 17.9. The molecule has 2 heterocycles. The summed E-state index contributed by atoms with van der Waals surface area (Å²) in [5.41, 5.74) is 2.48. The second kappa shape index (κ2) is 6.14. The Morgan fingerprint density at radius 1 is 1.04 bits per heavy atom. The Labute approximate surface area is 154 Å². The maximum Gasteiger partial charge on any atom is 0.228 e. The lowest BCUT2D eigenvalue weighted by molar-refractivity contribution is -0.123. The van der Waals surface area contributed by atoms with Crippen LogP contribution in [0.1, 0.15) is 68.7 Å². The summed E-state index contributed by atoms with van der Waals surface area (Å²) in [6, 6.07) is 0.0956. The van der Waals surface area contributed by atoms with E-state index in [-0.39, 0.29) is 34.1 Å². The van der Waals surface area contributed by atoms with Gasteiger partial charge in [0.1, 0.15) is 5.84 Å². The highest BCUT2D eigenvalue weighted by Crippen LogP contribution is 2.49. The summed E-state index contributed by atoms with van der Waals surface area (Å²) in [5.74, 6) is 1.18. The normalized spacial score (nSPS) is 25.0. The molecule has 142 valence electrons. The predicted molar refractivity (Wildman–Crippen MR) is 105 cm³/mol. The third-order valence-electron chi connectivity index (χ3n) is 5.18. The van der Waals surface area contributed by atoms with Crippen LogP contribution in [0, 0.1) is 22.2 Å². The van der Waals surface area contributed by atoms with Gasteiger partial charge >= 0.3 is 0 Å². The van der Waals surface area contributed by atoms with E-state index in [9.17, 15) is 4.79 Å². The van der Waals surface area contributed by atoms with Gasteiger partial charge in [0.2, 0.25) is 5.91 Å². The molecule has 0 aromatic heterocycles. The first-order valence-corrected chi connectivity index (χ1v) is 9.51. The molecule has 1 N–H and O–H groups in total. The Hall–Kier alpha value is -1.32. The number of aliphatic imine (C=N–C) groups is 1. The molecular formula is C21H37N3O. The summed E-state index contributed by atoms with van der Waals surface area (Å²) >= 11 is 0. The Kier molecular flexibility index (Phi) is 4.91. The van der Waals surface area contributed by atoms with Crippen LogP contribution in [-0.2, 0) is 4.79 Å². The highest BCUT2D eigenvalue weighted by Gasteiger charge is 2.48. The number of amides is 1. The molecule has 0 aromatic carbocycles. The van der Waals surface area contributed by atoms with Crippen LogP contribution >= 0.6 is 0 Å². The van der Waals surface area contributed by atoms with Gasteiger partial charge in [0.25, 0.3) is 0 Å². The van der Waals surface area contributed by atoms with Crippen molar-refractivity contribution in [1.82, 2.24) is 10.2 Å². The highest BCUT2D eigenvalue weighted by molar-refractivity contribution is 5.93. The maximum absolute atomic E-state index is 12.6. The largest absolute Gasteiger partial charge is 0.359 e. The number of nitrogens with one attached hydrogen (secondary N) is 1. The van der Waals surface area contributed by atoms with Gasteiger partial charge in [-0.3, -0.25) is 9.79 Å². The molecular weight excluding hydrogens is 310 g/mol. The summed E-state index contributed by atoms with van der Waals surface area (Å²) in [6.07, 6.45) is 0.862. The Morgan fingerprint density at radius 2 is 1.60 bits per heavy atom. The molecule has 0 aromatic rings. The van der Waals surface area contributed by atoms with Crippen molar-refractivity contribution in [3.05, 3.63) is 11.3 Å². The minimum absolute atomic E-state index is 0.00797. The molecule has 1 amide bonds. The molecule has 25 heavy (non-hydrogen) atoms. The molecule has 2 unspecified atom stereocenters. The zero-order valence-corrected chi connectivity index (χ0v) is 17.9. The van der Waals surface area contributed by atoms with E-state index in [0.29, 0.717) is 0 Å². The zero-order chi connectivity index (χ0) is 19.4. The Balaban J connectivity index is 2.76.